The van der Waals surface area contributed by atoms with Crippen LogP contribution in [0.4, 0.5) is 0 Å². The average molecular weight is 251 g/mol. The molecule has 0 bridgehead atoms. The van der Waals surface area contributed by atoms with E-state index >= 15 is 0 Å². The van der Waals surface area contributed by atoms with E-state index in [1.54, 1.807) is 12.4 Å². The molecule has 0 atom stereocenters. The van der Waals surface area contributed by atoms with Gasteiger partial charge in [-0.1, -0.05) is 0 Å². The summed E-state index contributed by atoms with van der Waals surface area (Å²) < 4.78 is 1.81. The van der Waals surface area contributed by atoms with Crippen LogP contribution in [0.3, 0.4) is 0 Å². The minimum absolute atomic E-state index is 0.129. The van der Waals surface area contributed by atoms with Crippen LogP contribution in [0.5, 0.6) is 0 Å². The largest absolute Gasteiger partial charge is 0.393 e. The van der Waals surface area contributed by atoms with Crippen molar-refractivity contribution < 1.29 is 15.0 Å². The molecule has 2 heterocycles. The normalized spacial score (nSPS) is 21.8. The van der Waals surface area contributed by atoms with Gasteiger partial charge < -0.3 is 15.1 Å². The number of nitrogens with zero attached hydrogens (tertiary/aromatic N) is 3. The molecule has 0 radical (unpaired) electrons. The van der Waals surface area contributed by atoms with Crippen LogP contribution in [0.2, 0.25) is 0 Å². The van der Waals surface area contributed by atoms with E-state index in [1.807, 2.05) is 4.68 Å². The van der Waals surface area contributed by atoms with Crippen molar-refractivity contribution in [1.29, 1.82) is 0 Å². The topological polar surface area (TPSA) is 78.6 Å². The highest BCUT2D eigenvalue weighted by Gasteiger charge is 2.43. The fourth-order valence-corrected chi connectivity index (χ4v) is 2.23. The summed E-state index contributed by atoms with van der Waals surface area (Å²) >= 11 is 0. The van der Waals surface area contributed by atoms with E-state index in [2.05, 4.69) is 5.10 Å². The van der Waals surface area contributed by atoms with Gasteiger partial charge in [0.1, 0.15) is 5.60 Å². The molecule has 1 aliphatic heterocycles. The summed E-state index contributed by atoms with van der Waals surface area (Å²) in [5.41, 5.74) is -0.560. The van der Waals surface area contributed by atoms with Gasteiger partial charge in [-0.15, -0.1) is 0 Å². The van der Waals surface area contributed by atoms with E-state index in [1.165, 1.54) is 17.7 Å². The van der Waals surface area contributed by atoms with Crippen LogP contribution in [0.1, 0.15) is 23.2 Å². The minimum Gasteiger partial charge on any atom is -0.393 e. The Labute approximate surface area is 105 Å². The number of aliphatic hydroxyl groups excluding tert-OH is 1. The average Bonchev–Trinajstić information content (AvgIpc) is 3.00. The fraction of sp³-hybridized carbons (Fsp3) is 0.667. The van der Waals surface area contributed by atoms with Crippen molar-refractivity contribution in [2.24, 2.45) is 5.92 Å². The molecule has 1 aliphatic carbocycles. The van der Waals surface area contributed by atoms with Crippen LogP contribution in [0.15, 0.2) is 12.4 Å². The zero-order valence-electron chi connectivity index (χ0n) is 10.1. The first-order valence-electron chi connectivity index (χ1n) is 6.25. The van der Waals surface area contributed by atoms with Crippen molar-refractivity contribution in [3.05, 3.63) is 18.0 Å². The van der Waals surface area contributed by atoms with Gasteiger partial charge in [0.2, 0.25) is 0 Å². The van der Waals surface area contributed by atoms with Crippen molar-refractivity contribution >= 4 is 5.91 Å². The Morgan fingerprint density at radius 3 is 2.83 bits per heavy atom. The van der Waals surface area contributed by atoms with Gasteiger partial charge in [0, 0.05) is 12.7 Å². The summed E-state index contributed by atoms with van der Waals surface area (Å²) in [7, 11) is 0. The number of β-amino-alcohol motifs (C(OH)–C–C–N with tert-alkyl or cyclic N) is 1. The number of hydrogen-bond acceptors (Lipinski definition) is 4. The SMILES string of the molecule is O=C(c1cnn(CC2CC2)c1)N1CC(O)(CO)C1. The fourth-order valence-electron chi connectivity index (χ4n) is 2.23. The molecule has 1 aromatic heterocycles. The lowest BCUT2D eigenvalue weighted by Gasteiger charge is -2.45. The summed E-state index contributed by atoms with van der Waals surface area (Å²) in [6, 6.07) is 0. The van der Waals surface area contributed by atoms with Crippen molar-refractivity contribution in [1.82, 2.24) is 14.7 Å². The number of aliphatic hydroxyl groups is 2. The molecule has 98 valence electrons. The summed E-state index contributed by atoms with van der Waals surface area (Å²) in [6.07, 6.45) is 5.83. The Hall–Kier alpha value is -1.40. The molecular weight excluding hydrogens is 234 g/mol. The third-order valence-electron chi connectivity index (χ3n) is 3.57. The molecule has 6 heteroatoms. The summed E-state index contributed by atoms with van der Waals surface area (Å²) in [5, 5.41) is 22.7. The Morgan fingerprint density at radius 2 is 2.22 bits per heavy atom. The summed E-state index contributed by atoms with van der Waals surface area (Å²) in [4.78, 5) is 13.5. The van der Waals surface area contributed by atoms with Gasteiger partial charge in [-0.3, -0.25) is 9.48 Å². The van der Waals surface area contributed by atoms with Gasteiger partial charge in [-0.25, -0.2) is 0 Å². The smallest absolute Gasteiger partial charge is 0.257 e. The first kappa shape index (κ1) is 11.7. The molecular formula is C12H17N3O3. The van der Waals surface area contributed by atoms with E-state index in [-0.39, 0.29) is 25.6 Å². The van der Waals surface area contributed by atoms with Crippen LogP contribution in [-0.2, 0) is 6.54 Å². The van der Waals surface area contributed by atoms with Gasteiger partial charge in [-0.05, 0) is 18.8 Å². The first-order chi connectivity index (χ1) is 8.59. The molecule has 1 saturated heterocycles. The lowest BCUT2D eigenvalue weighted by atomic mass is 9.95. The number of carbonyl (C=O) groups excluding carboxylic acids is 1. The third kappa shape index (κ3) is 2.13. The maximum Gasteiger partial charge on any atom is 0.257 e. The molecule has 0 spiro atoms. The molecule has 18 heavy (non-hydrogen) atoms. The predicted octanol–water partition coefficient (Wildman–Crippen LogP) is -0.528. The Balaban J connectivity index is 1.60. The van der Waals surface area contributed by atoms with Gasteiger partial charge in [0.05, 0.1) is 31.5 Å². The maximum absolute atomic E-state index is 12.0. The Morgan fingerprint density at radius 1 is 1.50 bits per heavy atom. The highest BCUT2D eigenvalue weighted by Crippen LogP contribution is 2.30. The molecule has 0 unspecified atom stereocenters. The van der Waals surface area contributed by atoms with Crippen molar-refractivity contribution in [3.63, 3.8) is 0 Å². The van der Waals surface area contributed by atoms with Crippen molar-refractivity contribution in [2.75, 3.05) is 19.7 Å². The second kappa shape index (κ2) is 4.07. The lowest BCUT2D eigenvalue weighted by molar-refractivity contribution is -0.109. The zero-order valence-corrected chi connectivity index (χ0v) is 10.1. The van der Waals surface area contributed by atoms with E-state index in [4.69, 9.17) is 5.11 Å². The lowest BCUT2D eigenvalue weighted by Crippen LogP contribution is -2.65. The number of amides is 1. The van der Waals surface area contributed by atoms with Crippen LogP contribution in [-0.4, -0.2) is 56.1 Å². The van der Waals surface area contributed by atoms with Gasteiger partial charge in [0.15, 0.2) is 0 Å². The van der Waals surface area contributed by atoms with Gasteiger partial charge in [-0.2, -0.15) is 5.10 Å². The molecule has 6 nitrogen and oxygen atoms in total. The van der Waals surface area contributed by atoms with Gasteiger partial charge >= 0.3 is 0 Å². The minimum atomic E-state index is -1.11. The van der Waals surface area contributed by atoms with E-state index in [0.717, 1.165) is 12.5 Å². The Kier molecular flexibility index (Phi) is 2.64. The number of aromatic nitrogens is 2. The van der Waals surface area contributed by atoms with Crippen LogP contribution in [0.25, 0.3) is 0 Å². The highest BCUT2D eigenvalue weighted by molar-refractivity contribution is 5.94. The first-order valence-corrected chi connectivity index (χ1v) is 6.25. The molecule has 3 rings (SSSR count). The van der Waals surface area contributed by atoms with E-state index < -0.39 is 5.60 Å². The summed E-state index contributed by atoms with van der Waals surface area (Å²) in [5.74, 6) is 0.589. The van der Waals surface area contributed by atoms with Crippen LogP contribution < -0.4 is 0 Å². The second-order valence-electron chi connectivity index (χ2n) is 5.44. The molecule has 2 fully saturated rings. The molecule has 2 N–H and O–H groups in total. The maximum atomic E-state index is 12.0. The number of hydrogen-bond donors (Lipinski definition) is 2. The number of carbonyl (C=O) groups is 1. The van der Waals surface area contributed by atoms with Crippen molar-refractivity contribution in [3.8, 4) is 0 Å². The third-order valence-corrected chi connectivity index (χ3v) is 3.57. The molecule has 1 saturated carbocycles. The van der Waals surface area contributed by atoms with Crippen LogP contribution >= 0.6 is 0 Å². The number of rotatable bonds is 4. The monoisotopic (exact) mass is 251 g/mol. The quantitative estimate of drug-likeness (QED) is 0.754. The molecule has 1 aromatic rings. The molecule has 1 amide bonds. The highest BCUT2D eigenvalue weighted by atomic mass is 16.3. The van der Waals surface area contributed by atoms with Crippen molar-refractivity contribution in [2.45, 2.75) is 25.0 Å². The standard InChI is InChI=1S/C12H17N3O3/c16-8-12(18)6-14(7-12)11(17)10-3-13-15(5-10)4-9-1-2-9/h3,5,9,16,18H,1-2,4,6-8H2. The molecule has 0 aromatic carbocycles. The zero-order chi connectivity index (χ0) is 12.8. The predicted molar refractivity (Wildman–Crippen MR) is 62.9 cm³/mol. The van der Waals surface area contributed by atoms with Crippen LogP contribution in [0, 0.1) is 5.92 Å². The second-order valence-corrected chi connectivity index (χ2v) is 5.44. The molecule has 2 aliphatic rings. The summed E-state index contributed by atoms with van der Waals surface area (Å²) in [6.45, 7) is 0.956. The van der Waals surface area contributed by atoms with E-state index in [9.17, 15) is 9.90 Å². The van der Waals surface area contributed by atoms with E-state index in [0.29, 0.717) is 5.56 Å². The van der Waals surface area contributed by atoms with Gasteiger partial charge in [0.25, 0.3) is 5.91 Å². The Bertz CT molecular complexity index is 461. The number of likely N-dealkylation sites (tertiary alicyclic amines) is 1.